The van der Waals surface area contributed by atoms with Crippen LogP contribution in [-0.2, 0) is 21.2 Å². The van der Waals surface area contributed by atoms with E-state index in [1.54, 1.807) is 11.9 Å². The molecule has 8 heteroatoms. The molecule has 1 N–H and O–H groups in total. The normalized spacial score (nSPS) is 14.6. The minimum Gasteiger partial charge on any atom is -0.347 e. The van der Waals surface area contributed by atoms with E-state index in [-0.39, 0.29) is 35.8 Å². The Balaban J connectivity index is 1.58. The van der Waals surface area contributed by atoms with Gasteiger partial charge in [-0.25, -0.2) is 8.42 Å². The molecule has 0 aromatic heterocycles. The van der Waals surface area contributed by atoms with Crippen molar-refractivity contribution in [2.45, 2.75) is 17.4 Å². The molecule has 30 heavy (non-hydrogen) atoms. The molecule has 0 saturated carbocycles. The Bertz CT molecular complexity index is 1010. The van der Waals surface area contributed by atoms with Gasteiger partial charge >= 0.3 is 0 Å². The van der Waals surface area contributed by atoms with Gasteiger partial charge in [0, 0.05) is 32.2 Å². The lowest BCUT2D eigenvalue weighted by molar-refractivity contribution is -0.117. The van der Waals surface area contributed by atoms with Gasteiger partial charge in [0.1, 0.15) is 0 Å². The first-order valence-electron chi connectivity index (χ1n) is 9.64. The van der Waals surface area contributed by atoms with Crippen LogP contribution in [0.2, 0.25) is 0 Å². The Hall–Kier alpha value is -2.97. The molecule has 0 radical (unpaired) electrons. The molecule has 7 nitrogen and oxygen atoms in total. The summed E-state index contributed by atoms with van der Waals surface area (Å²) in [7, 11) is -1.93. The van der Waals surface area contributed by atoms with E-state index < -0.39 is 10.0 Å². The van der Waals surface area contributed by atoms with Crippen LogP contribution in [0.4, 0.5) is 0 Å². The number of nitrogens with zero attached hydrogens (tertiary/aromatic N) is 2. The standard InChI is InChI=1S/C22H25N3O4S/c1-3-21(26)23-19-15-25(16-19)30(28,29)20-11-9-18(10-12-20)22(27)24(2)14-13-17-7-5-4-6-8-17/h3-12,19H,1,13-16H2,2H3,(H,23,26). The Kier molecular flexibility index (Phi) is 6.69. The highest BCUT2D eigenvalue weighted by Crippen LogP contribution is 2.22. The Labute approximate surface area is 177 Å². The summed E-state index contributed by atoms with van der Waals surface area (Å²) in [5.41, 5.74) is 1.58. The molecule has 3 rings (SSSR count). The number of sulfonamides is 1. The Morgan fingerprint density at radius 2 is 1.77 bits per heavy atom. The van der Waals surface area contributed by atoms with E-state index in [4.69, 9.17) is 0 Å². The summed E-state index contributed by atoms with van der Waals surface area (Å²) in [6, 6.07) is 15.6. The second-order valence-corrected chi connectivity index (χ2v) is 9.16. The summed E-state index contributed by atoms with van der Waals surface area (Å²) < 4.78 is 26.7. The molecule has 2 aromatic carbocycles. The topological polar surface area (TPSA) is 86.8 Å². The lowest BCUT2D eigenvalue weighted by Gasteiger charge is -2.38. The largest absolute Gasteiger partial charge is 0.347 e. The monoisotopic (exact) mass is 427 g/mol. The number of hydrogen-bond donors (Lipinski definition) is 1. The van der Waals surface area contributed by atoms with E-state index in [2.05, 4.69) is 11.9 Å². The van der Waals surface area contributed by atoms with Crippen LogP contribution >= 0.6 is 0 Å². The van der Waals surface area contributed by atoms with Crippen molar-refractivity contribution >= 4 is 21.8 Å². The number of carbonyl (C=O) groups is 2. The second kappa shape index (κ2) is 9.23. The molecule has 1 saturated heterocycles. The number of amides is 2. The van der Waals surface area contributed by atoms with Gasteiger partial charge in [-0.3, -0.25) is 9.59 Å². The molecule has 0 bridgehead atoms. The number of nitrogens with one attached hydrogen (secondary N) is 1. The van der Waals surface area contributed by atoms with Crippen LogP contribution in [0.15, 0.2) is 72.1 Å². The zero-order valence-electron chi connectivity index (χ0n) is 16.8. The highest BCUT2D eigenvalue weighted by molar-refractivity contribution is 7.89. The molecular formula is C22H25N3O4S. The summed E-state index contributed by atoms with van der Waals surface area (Å²) >= 11 is 0. The molecule has 1 heterocycles. The molecule has 1 aliphatic rings. The minimum absolute atomic E-state index is 0.125. The molecule has 0 aliphatic carbocycles. The first-order valence-corrected chi connectivity index (χ1v) is 11.1. The quantitative estimate of drug-likeness (QED) is 0.650. The van der Waals surface area contributed by atoms with Crippen molar-refractivity contribution < 1.29 is 18.0 Å². The zero-order chi connectivity index (χ0) is 21.7. The predicted molar refractivity (Wildman–Crippen MR) is 114 cm³/mol. The van der Waals surface area contributed by atoms with Crippen LogP contribution < -0.4 is 5.32 Å². The van der Waals surface area contributed by atoms with Crippen molar-refractivity contribution in [2.75, 3.05) is 26.7 Å². The third-order valence-corrected chi connectivity index (χ3v) is 6.89. The average molecular weight is 428 g/mol. The third kappa shape index (κ3) is 4.95. The number of hydrogen-bond acceptors (Lipinski definition) is 4. The van der Waals surface area contributed by atoms with Crippen LogP contribution in [0.3, 0.4) is 0 Å². The van der Waals surface area contributed by atoms with Crippen LogP contribution in [0, 0.1) is 0 Å². The fraction of sp³-hybridized carbons (Fsp3) is 0.273. The first-order chi connectivity index (χ1) is 14.3. The van der Waals surface area contributed by atoms with E-state index in [1.165, 1.54) is 28.6 Å². The van der Waals surface area contributed by atoms with Gasteiger partial charge in [-0.05, 0) is 42.3 Å². The molecule has 1 fully saturated rings. The van der Waals surface area contributed by atoms with Gasteiger partial charge in [-0.15, -0.1) is 0 Å². The maximum atomic E-state index is 12.7. The van der Waals surface area contributed by atoms with Gasteiger partial charge in [-0.2, -0.15) is 4.31 Å². The van der Waals surface area contributed by atoms with Gasteiger partial charge in [0.2, 0.25) is 15.9 Å². The number of benzene rings is 2. The molecule has 158 valence electrons. The van der Waals surface area contributed by atoms with Gasteiger partial charge in [0.15, 0.2) is 0 Å². The smallest absolute Gasteiger partial charge is 0.253 e. The van der Waals surface area contributed by atoms with E-state index in [0.29, 0.717) is 12.1 Å². The van der Waals surface area contributed by atoms with Gasteiger partial charge in [-0.1, -0.05) is 36.9 Å². The van der Waals surface area contributed by atoms with E-state index in [9.17, 15) is 18.0 Å². The van der Waals surface area contributed by atoms with Crippen LogP contribution in [0.25, 0.3) is 0 Å². The number of likely N-dealkylation sites (N-methyl/N-ethyl adjacent to an activating group) is 1. The van der Waals surface area contributed by atoms with Crippen molar-refractivity contribution in [1.82, 2.24) is 14.5 Å². The van der Waals surface area contributed by atoms with E-state index in [0.717, 1.165) is 18.1 Å². The zero-order valence-corrected chi connectivity index (χ0v) is 17.6. The summed E-state index contributed by atoms with van der Waals surface area (Å²) in [6.45, 7) is 4.36. The minimum atomic E-state index is -3.66. The molecule has 0 unspecified atom stereocenters. The van der Waals surface area contributed by atoms with Crippen LogP contribution in [0.1, 0.15) is 15.9 Å². The molecular weight excluding hydrogens is 402 g/mol. The molecule has 0 atom stereocenters. The summed E-state index contributed by atoms with van der Waals surface area (Å²) in [6.07, 6.45) is 1.90. The predicted octanol–water partition coefficient (Wildman–Crippen LogP) is 1.68. The number of carbonyl (C=O) groups excluding carboxylic acids is 2. The average Bonchev–Trinajstić information content (AvgIpc) is 2.74. The van der Waals surface area contributed by atoms with Crippen molar-refractivity contribution in [3.63, 3.8) is 0 Å². The van der Waals surface area contributed by atoms with Crippen LogP contribution in [0.5, 0.6) is 0 Å². The van der Waals surface area contributed by atoms with Gasteiger partial charge < -0.3 is 10.2 Å². The SMILES string of the molecule is C=CC(=O)NC1CN(S(=O)(=O)c2ccc(C(=O)N(C)CCc3ccccc3)cc2)C1. The summed E-state index contributed by atoms with van der Waals surface area (Å²) in [4.78, 5) is 25.7. The van der Waals surface area contributed by atoms with E-state index in [1.807, 2.05) is 30.3 Å². The number of rotatable bonds is 8. The van der Waals surface area contributed by atoms with E-state index >= 15 is 0 Å². The van der Waals surface area contributed by atoms with Crippen molar-refractivity contribution in [3.8, 4) is 0 Å². The summed E-state index contributed by atoms with van der Waals surface area (Å²) in [5.74, 6) is -0.484. The molecule has 2 aromatic rings. The Morgan fingerprint density at radius 1 is 1.13 bits per heavy atom. The maximum absolute atomic E-state index is 12.7. The fourth-order valence-electron chi connectivity index (χ4n) is 3.17. The van der Waals surface area contributed by atoms with Gasteiger partial charge in [0.05, 0.1) is 10.9 Å². The maximum Gasteiger partial charge on any atom is 0.253 e. The molecule has 2 amide bonds. The Morgan fingerprint density at radius 3 is 2.37 bits per heavy atom. The lowest BCUT2D eigenvalue weighted by Crippen LogP contribution is -2.60. The fourth-order valence-corrected chi connectivity index (χ4v) is 4.70. The van der Waals surface area contributed by atoms with Crippen molar-refractivity contribution in [1.29, 1.82) is 0 Å². The van der Waals surface area contributed by atoms with Crippen molar-refractivity contribution in [2.24, 2.45) is 0 Å². The highest BCUT2D eigenvalue weighted by Gasteiger charge is 2.37. The van der Waals surface area contributed by atoms with Gasteiger partial charge in [0.25, 0.3) is 5.91 Å². The van der Waals surface area contributed by atoms with Crippen LogP contribution in [-0.4, -0.2) is 62.2 Å². The lowest BCUT2D eigenvalue weighted by atomic mass is 10.1. The summed E-state index contributed by atoms with van der Waals surface area (Å²) in [5, 5.41) is 2.67. The third-order valence-electron chi connectivity index (χ3n) is 5.04. The van der Waals surface area contributed by atoms with Crippen molar-refractivity contribution in [3.05, 3.63) is 78.4 Å². The molecule has 1 aliphatic heterocycles. The second-order valence-electron chi connectivity index (χ2n) is 7.22. The molecule has 0 spiro atoms. The first kappa shape index (κ1) is 21.7. The highest BCUT2D eigenvalue weighted by atomic mass is 32.2.